The van der Waals surface area contributed by atoms with Gasteiger partial charge in [0.2, 0.25) is 0 Å². The highest BCUT2D eigenvalue weighted by Crippen LogP contribution is 2.30. The van der Waals surface area contributed by atoms with Gasteiger partial charge in [-0.3, -0.25) is 4.72 Å². The molecular formula is C13H11ClN4O2S. The number of anilines is 2. The number of hydrogen-bond donors (Lipinski definition) is 3. The highest BCUT2D eigenvalue weighted by molar-refractivity contribution is 7.92. The summed E-state index contributed by atoms with van der Waals surface area (Å²) in [4.78, 5) is 6.78. The van der Waals surface area contributed by atoms with Gasteiger partial charge in [0.05, 0.1) is 16.2 Å². The zero-order chi connectivity index (χ0) is 15.0. The summed E-state index contributed by atoms with van der Waals surface area (Å²) >= 11 is 6.05. The summed E-state index contributed by atoms with van der Waals surface area (Å²) in [6.07, 6.45) is 2.90. The van der Waals surface area contributed by atoms with Crippen molar-refractivity contribution in [3.8, 4) is 0 Å². The number of nitrogens with one attached hydrogen (secondary N) is 2. The number of pyridine rings is 1. The van der Waals surface area contributed by atoms with Gasteiger partial charge in [0, 0.05) is 17.8 Å². The Labute approximate surface area is 126 Å². The minimum atomic E-state index is -3.74. The molecular weight excluding hydrogens is 312 g/mol. The lowest BCUT2D eigenvalue weighted by molar-refractivity contribution is 0.601. The molecule has 0 aliphatic heterocycles. The van der Waals surface area contributed by atoms with Crippen molar-refractivity contribution < 1.29 is 8.42 Å². The van der Waals surface area contributed by atoms with Crippen molar-refractivity contribution in [1.82, 2.24) is 9.97 Å². The fourth-order valence-corrected chi connectivity index (χ4v) is 3.20. The zero-order valence-electron chi connectivity index (χ0n) is 10.7. The molecule has 0 spiro atoms. The van der Waals surface area contributed by atoms with Gasteiger partial charge in [-0.2, -0.15) is 0 Å². The molecule has 0 bridgehead atoms. The van der Waals surface area contributed by atoms with E-state index in [9.17, 15) is 8.42 Å². The van der Waals surface area contributed by atoms with Crippen molar-refractivity contribution in [2.75, 3.05) is 10.5 Å². The Morgan fingerprint density at radius 2 is 2.00 bits per heavy atom. The monoisotopic (exact) mass is 322 g/mol. The molecule has 0 saturated carbocycles. The molecule has 0 amide bonds. The third-order valence-corrected chi connectivity index (χ3v) is 4.66. The number of hydrogen-bond acceptors (Lipinski definition) is 4. The predicted octanol–water partition coefficient (Wildman–Crippen LogP) is 2.60. The average Bonchev–Trinajstić information content (AvgIpc) is 2.93. The molecule has 0 aliphatic carbocycles. The summed E-state index contributed by atoms with van der Waals surface area (Å²) in [6.45, 7) is 0. The molecule has 0 fully saturated rings. The lowest BCUT2D eigenvalue weighted by atomic mass is 10.2. The number of aromatic nitrogens is 2. The van der Waals surface area contributed by atoms with Gasteiger partial charge in [0.25, 0.3) is 10.0 Å². The number of benzene rings is 1. The van der Waals surface area contributed by atoms with Gasteiger partial charge in [-0.15, -0.1) is 0 Å². The van der Waals surface area contributed by atoms with Crippen LogP contribution in [-0.2, 0) is 10.0 Å². The van der Waals surface area contributed by atoms with Crippen LogP contribution >= 0.6 is 11.6 Å². The van der Waals surface area contributed by atoms with E-state index in [1.165, 1.54) is 18.3 Å². The van der Waals surface area contributed by atoms with E-state index in [2.05, 4.69) is 14.7 Å². The predicted molar refractivity (Wildman–Crippen MR) is 82.8 cm³/mol. The Balaban J connectivity index is 2.03. The van der Waals surface area contributed by atoms with E-state index in [1.807, 2.05) is 0 Å². The highest BCUT2D eigenvalue weighted by atomic mass is 35.5. The normalized spacial score (nSPS) is 11.7. The summed E-state index contributed by atoms with van der Waals surface area (Å²) in [6, 6.07) is 7.84. The molecule has 0 saturated heterocycles. The Morgan fingerprint density at radius 3 is 2.71 bits per heavy atom. The Morgan fingerprint density at radius 1 is 1.19 bits per heavy atom. The first-order chi connectivity index (χ1) is 9.97. The number of nitrogens with zero attached hydrogens (tertiary/aromatic N) is 1. The summed E-state index contributed by atoms with van der Waals surface area (Å²) in [5.74, 6) is 0.257. The van der Waals surface area contributed by atoms with Gasteiger partial charge in [0.1, 0.15) is 10.7 Å². The van der Waals surface area contributed by atoms with Crippen LogP contribution < -0.4 is 10.5 Å². The van der Waals surface area contributed by atoms with Crippen molar-refractivity contribution in [3.05, 3.63) is 47.7 Å². The fraction of sp³-hybridized carbons (Fsp3) is 0. The van der Waals surface area contributed by atoms with Crippen LogP contribution in [0, 0.1) is 0 Å². The van der Waals surface area contributed by atoms with Gasteiger partial charge in [-0.1, -0.05) is 11.6 Å². The van der Waals surface area contributed by atoms with Crippen molar-refractivity contribution >= 4 is 44.0 Å². The van der Waals surface area contributed by atoms with E-state index in [4.69, 9.17) is 17.3 Å². The van der Waals surface area contributed by atoms with Crippen LogP contribution in [-0.4, -0.2) is 18.4 Å². The zero-order valence-corrected chi connectivity index (χ0v) is 12.2. The van der Waals surface area contributed by atoms with E-state index in [0.717, 1.165) is 5.39 Å². The van der Waals surface area contributed by atoms with Crippen molar-refractivity contribution in [1.29, 1.82) is 0 Å². The summed E-state index contributed by atoms with van der Waals surface area (Å²) in [5, 5.41) is 1.29. The first-order valence-corrected chi connectivity index (χ1v) is 7.83. The Hall–Kier alpha value is -2.25. The second-order valence-electron chi connectivity index (χ2n) is 4.39. The van der Waals surface area contributed by atoms with Crippen LogP contribution in [0.15, 0.2) is 47.6 Å². The lowest BCUT2D eigenvalue weighted by Crippen LogP contribution is -2.13. The van der Waals surface area contributed by atoms with E-state index in [-0.39, 0.29) is 10.7 Å². The maximum atomic E-state index is 12.3. The van der Waals surface area contributed by atoms with Gasteiger partial charge < -0.3 is 10.7 Å². The number of halogens is 1. The second kappa shape index (κ2) is 4.94. The number of sulfonamides is 1. The van der Waals surface area contributed by atoms with E-state index in [1.54, 1.807) is 24.4 Å². The maximum Gasteiger partial charge on any atom is 0.263 e. The second-order valence-corrected chi connectivity index (χ2v) is 6.48. The third kappa shape index (κ3) is 2.53. The van der Waals surface area contributed by atoms with Crippen LogP contribution in [0.25, 0.3) is 10.9 Å². The molecule has 0 radical (unpaired) electrons. The van der Waals surface area contributed by atoms with Gasteiger partial charge in [0.15, 0.2) is 0 Å². The van der Waals surface area contributed by atoms with Crippen molar-refractivity contribution in [3.63, 3.8) is 0 Å². The molecule has 108 valence electrons. The van der Waals surface area contributed by atoms with Crippen LogP contribution in [0.5, 0.6) is 0 Å². The molecule has 21 heavy (non-hydrogen) atoms. The minimum Gasteiger partial charge on any atom is -0.384 e. The third-order valence-electron chi connectivity index (χ3n) is 2.98. The number of H-pyrrole nitrogens is 1. The minimum absolute atomic E-state index is 0.0337. The summed E-state index contributed by atoms with van der Waals surface area (Å²) in [7, 11) is -3.74. The fourth-order valence-electron chi connectivity index (χ4n) is 1.96. The van der Waals surface area contributed by atoms with E-state index in [0.29, 0.717) is 16.2 Å². The number of rotatable bonds is 3. The number of aromatic amines is 1. The topological polar surface area (TPSA) is 101 Å². The largest absolute Gasteiger partial charge is 0.384 e. The summed E-state index contributed by atoms with van der Waals surface area (Å²) < 4.78 is 27.2. The smallest absolute Gasteiger partial charge is 0.263 e. The standard InChI is InChI=1S/C13H11ClN4O2S/c14-10-2-3-11(13-9(10)5-6-16-13)18-21(19,20)8-1-4-12(15)17-7-8/h1-7,16,18H,(H2,15,17). The first kappa shape index (κ1) is 13.7. The van der Waals surface area contributed by atoms with Crippen LogP contribution in [0.3, 0.4) is 0 Å². The van der Waals surface area contributed by atoms with Crippen LogP contribution in [0.4, 0.5) is 11.5 Å². The number of nitrogen functional groups attached to an aromatic ring is 1. The molecule has 0 atom stereocenters. The van der Waals surface area contributed by atoms with Crippen molar-refractivity contribution in [2.45, 2.75) is 4.90 Å². The summed E-state index contributed by atoms with van der Waals surface area (Å²) in [5.41, 5.74) is 6.49. The molecule has 8 heteroatoms. The maximum absolute atomic E-state index is 12.3. The Bertz CT molecular complexity index is 904. The number of nitrogens with two attached hydrogens (primary N) is 1. The van der Waals surface area contributed by atoms with Gasteiger partial charge in [-0.25, -0.2) is 13.4 Å². The van der Waals surface area contributed by atoms with Crippen molar-refractivity contribution in [2.24, 2.45) is 0 Å². The molecule has 3 rings (SSSR count). The van der Waals surface area contributed by atoms with E-state index >= 15 is 0 Å². The molecule has 3 aromatic rings. The molecule has 4 N–H and O–H groups in total. The quantitative estimate of drug-likeness (QED) is 0.690. The molecule has 1 aromatic carbocycles. The lowest BCUT2D eigenvalue weighted by Gasteiger charge is -2.09. The first-order valence-electron chi connectivity index (χ1n) is 5.97. The SMILES string of the molecule is Nc1ccc(S(=O)(=O)Nc2ccc(Cl)c3cc[nH]c23)cn1. The van der Waals surface area contributed by atoms with Gasteiger partial charge in [-0.05, 0) is 30.3 Å². The molecule has 0 unspecified atom stereocenters. The van der Waals surface area contributed by atoms with E-state index < -0.39 is 10.0 Å². The molecule has 6 nitrogen and oxygen atoms in total. The van der Waals surface area contributed by atoms with Gasteiger partial charge >= 0.3 is 0 Å². The Kier molecular flexibility index (Phi) is 3.23. The molecule has 0 aliphatic rings. The van der Waals surface area contributed by atoms with Crippen LogP contribution in [0.1, 0.15) is 0 Å². The van der Waals surface area contributed by atoms with Crippen LogP contribution in [0.2, 0.25) is 5.02 Å². The molecule has 2 heterocycles. The average molecular weight is 323 g/mol. The highest BCUT2D eigenvalue weighted by Gasteiger charge is 2.17. The molecule has 2 aromatic heterocycles. The number of fused-ring (bicyclic) bond motifs is 1.